The molecule has 3 aromatic rings. The Labute approximate surface area is 133 Å². The fourth-order valence-electron chi connectivity index (χ4n) is 1.71. The first-order valence-electron chi connectivity index (χ1n) is 5.63. The third kappa shape index (κ3) is 2.85. The number of halogens is 3. The summed E-state index contributed by atoms with van der Waals surface area (Å²) >= 11 is 15.4. The number of nitrogens with one attached hydrogen (secondary N) is 1. The van der Waals surface area contributed by atoms with Crippen molar-refractivity contribution in [3.05, 3.63) is 51.2 Å². The normalized spacial score (nSPS) is 10.8. The van der Waals surface area contributed by atoms with E-state index >= 15 is 0 Å². The van der Waals surface area contributed by atoms with E-state index in [9.17, 15) is 0 Å². The lowest BCUT2D eigenvalue weighted by Crippen LogP contribution is -1.99. The molecule has 0 amide bonds. The highest BCUT2D eigenvalue weighted by atomic mass is 79.9. The van der Waals surface area contributed by atoms with Crippen LogP contribution in [0.3, 0.4) is 0 Å². The molecule has 0 spiro atoms. The van der Waals surface area contributed by atoms with Crippen LogP contribution in [0.2, 0.25) is 10.2 Å². The van der Waals surface area contributed by atoms with Gasteiger partial charge in [0.25, 0.3) is 0 Å². The number of fused-ring (bicyclic) bond motifs is 1. The van der Waals surface area contributed by atoms with Crippen LogP contribution in [0.15, 0.2) is 41.0 Å². The number of rotatable bonds is 2. The molecule has 0 aliphatic rings. The summed E-state index contributed by atoms with van der Waals surface area (Å²) in [6, 6.07) is 9.11. The molecular weight excluding hydrogens is 363 g/mol. The zero-order valence-electron chi connectivity index (χ0n) is 9.94. The fourth-order valence-corrected chi connectivity index (χ4v) is 2.44. The number of hydrogen-bond donors (Lipinski definition) is 1. The standard InChI is InChI=1S/C13H7BrCl2N4/c14-7-4-10-11(17-6-7)12(16)20-13(19-10)18-9-3-1-2-8(15)5-9/h1-6H,(H,18,19,20). The van der Waals surface area contributed by atoms with Crippen molar-refractivity contribution in [3.63, 3.8) is 0 Å². The third-order valence-corrected chi connectivity index (χ3v) is 3.47. The van der Waals surface area contributed by atoms with Gasteiger partial charge in [0.2, 0.25) is 5.95 Å². The molecule has 0 bridgehead atoms. The first kappa shape index (κ1) is 13.5. The predicted molar refractivity (Wildman–Crippen MR) is 84.8 cm³/mol. The molecular formula is C13H7BrCl2N4. The number of nitrogens with zero attached hydrogens (tertiary/aromatic N) is 3. The van der Waals surface area contributed by atoms with E-state index in [1.165, 1.54) is 0 Å². The van der Waals surface area contributed by atoms with Crippen LogP contribution in [0.5, 0.6) is 0 Å². The Bertz CT molecular complexity index is 794. The van der Waals surface area contributed by atoms with Gasteiger partial charge in [0.05, 0.1) is 5.52 Å². The number of hydrogen-bond acceptors (Lipinski definition) is 4. The van der Waals surface area contributed by atoms with E-state index in [4.69, 9.17) is 23.2 Å². The zero-order valence-corrected chi connectivity index (χ0v) is 13.0. The minimum atomic E-state index is 0.298. The Morgan fingerprint density at radius 1 is 1.10 bits per heavy atom. The topological polar surface area (TPSA) is 50.7 Å². The Hall–Kier alpha value is -1.43. The highest BCUT2D eigenvalue weighted by Crippen LogP contribution is 2.24. The van der Waals surface area contributed by atoms with E-state index in [-0.39, 0.29) is 0 Å². The van der Waals surface area contributed by atoms with E-state index in [0.717, 1.165) is 10.2 Å². The average molecular weight is 370 g/mol. The molecule has 1 N–H and O–H groups in total. The molecule has 0 saturated heterocycles. The third-order valence-electron chi connectivity index (χ3n) is 2.54. The molecule has 7 heteroatoms. The van der Waals surface area contributed by atoms with Crippen LogP contribution in [0.1, 0.15) is 0 Å². The van der Waals surface area contributed by atoms with Gasteiger partial charge in [0.1, 0.15) is 5.52 Å². The number of anilines is 2. The molecule has 1 aromatic carbocycles. The maximum Gasteiger partial charge on any atom is 0.229 e. The van der Waals surface area contributed by atoms with Gasteiger partial charge in [-0.1, -0.05) is 29.3 Å². The summed E-state index contributed by atoms with van der Waals surface area (Å²) in [7, 11) is 0. The predicted octanol–water partition coefficient (Wildman–Crippen LogP) is 4.84. The van der Waals surface area contributed by atoms with Crippen molar-refractivity contribution < 1.29 is 0 Å². The summed E-state index contributed by atoms with van der Waals surface area (Å²) in [6.45, 7) is 0. The first-order valence-corrected chi connectivity index (χ1v) is 7.18. The minimum absolute atomic E-state index is 0.298. The SMILES string of the molecule is Clc1cccc(Nc2nc(Cl)c3ncc(Br)cc3n2)c1. The lowest BCUT2D eigenvalue weighted by atomic mass is 10.3. The molecule has 0 aliphatic carbocycles. The minimum Gasteiger partial charge on any atom is -0.324 e. The van der Waals surface area contributed by atoms with Crippen molar-refractivity contribution in [1.82, 2.24) is 15.0 Å². The van der Waals surface area contributed by atoms with Crippen LogP contribution in [-0.4, -0.2) is 15.0 Å². The summed E-state index contributed by atoms with van der Waals surface area (Å²) in [6.07, 6.45) is 1.65. The average Bonchev–Trinajstić information content (AvgIpc) is 2.38. The maximum atomic E-state index is 6.12. The summed E-state index contributed by atoms with van der Waals surface area (Å²) < 4.78 is 0.827. The van der Waals surface area contributed by atoms with Crippen molar-refractivity contribution >= 4 is 61.8 Å². The van der Waals surface area contributed by atoms with Gasteiger partial charge < -0.3 is 5.32 Å². The van der Waals surface area contributed by atoms with E-state index in [1.54, 1.807) is 18.3 Å². The van der Waals surface area contributed by atoms with Gasteiger partial charge in [-0.25, -0.2) is 4.98 Å². The Morgan fingerprint density at radius 3 is 2.75 bits per heavy atom. The maximum absolute atomic E-state index is 6.12. The van der Waals surface area contributed by atoms with Crippen LogP contribution >= 0.6 is 39.1 Å². The van der Waals surface area contributed by atoms with E-state index in [1.807, 2.05) is 18.2 Å². The van der Waals surface area contributed by atoms with Gasteiger partial charge in [-0.2, -0.15) is 4.98 Å². The van der Waals surface area contributed by atoms with E-state index in [2.05, 4.69) is 36.2 Å². The van der Waals surface area contributed by atoms with Crippen LogP contribution < -0.4 is 5.32 Å². The summed E-state index contributed by atoms with van der Waals surface area (Å²) in [5.74, 6) is 0.393. The summed E-state index contributed by atoms with van der Waals surface area (Å²) in [5, 5.41) is 3.99. The Morgan fingerprint density at radius 2 is 1.95 bits per heavy atom. The van der Waals surface area contributed by atoms with Crippen molar-refractivity contribution in [2.24, 2.45) is 0 Å². The number of aromatic nitrogens is 3. The highest BCUT2D eigenvalue weighted by Gasteiger charge is 2.08. The van der Waals surface area contributed by atoms with Gasteiger partial charge in [0, 0.05) is 21.4 Å². The van der Waals surface area contributed by atoms with Crippen LogP contribution in [0.4, 0.5) is 11.6 Å². The molecule has 20 heavy (non-hydrogen) atoms. The van der Waals surface area contributed by atoms with Gasteiger partial charge in [-0.3, -0.25) is 4.98 Å². The van der Waals surface area contributed by atoms with Gasteiger partial charge in [-0.05, 0) is 40.2 Å². The Balaban J connectivity index is 2.04. The lowest BCUT2D eigenvalue weighted by Gasteiger charge is -2.07. The first-order chi connectivity index (χ1) is 9.61. The van der Waals surface area contributed by atoms with Crippen LogP contribution in [-0.2, 0) is 0 Å². The number of pyridine rings is 1. The van der Waals surface area contributed by atoms with Crippen molar-refractivity contribution in [2.45, 2.75) is 0 Å². The molecule has 0 atom stereocenters. The molecule has 0 radical (unpaired) electrons. The van der Waals surface area contributed by atoms with E-state index < -0.39 is 0 Å². The quantitative estimate of drug-likeness (QED) is 0.656. The number of benzene rings is 1. The monoisotopic (exact) mass is 368 g/mol. The largest absolute Gasteiger partial charge is 0.324 e. The second-order valence-electron chi connectivity index (χ2n) is 3.99. The highest BCUT2D eigenvalue weighted by molar-refractivity contribution is 9.10. The summed E-state index contributed by atoms with van der Waals surface area (Å²) in [4.78, 5) is 12.7. The Kier molecular flexibility index (Phi) is 3.74. The molecule has 0 unspecified atom stereocenters. The lowest BCUT2D eigenvalue weighted by molar-refractivity contribution is 1.19. The molecule has 2 heterocycles. The molecule has 4 nitrogen and oxygen atoms in total. The molecule has 3 rings (SSSR count). The van der Waals surface area contributed by atoms with Crippen molar-refractivity contribution in [1.29, 1.82) is 0 Å². The van der Waals surface area contributed by atoms with Crippen LogP contribution in [0.25, 0.3) is 11.0 Å². The van der Waals surface area contributed by atoms with E-state index in [0.29, 0.717) is 27.2 Å². The molecule has 100 valence electrons. The smallest absolute Gasteiger partial charge is 0.229 e. The molecule has 2 aromatic heterocycles. The van der Waals surface area contributed by atoms with Gasteiger partial charge >= 0.3 is 0 Å². The molecule has 0 aliphatic heterocycles. The second kappa shape index (κ2) is 5.52. The van der Waals surface area contributed by atoms with Crippen molar-refractivity contribution in [3.8, 4) is 0 Å². The zero-order chi connectivity index (χ0) is 14.1. The fraction of sp³-hybridized carbons (Fsp3) is 0. The molecule has 0 saturated carbocycles. The van der Waals surface area contributed by atoms with Crippen LogP contribution in [0, 0.1) is 0 Å². The second-order valence-corrected chi connectivity index (χ2v) is 5.70. The van der Waals surface area contributed by atoms with Gasteiger partial charge in [0.15, 0.2) is 5.15 Å². The molecule has 0 fully saturated rings. The van der Waals surface area contributed by atoms with Crippen molar-refractivity contribution in [2.75, 3.05) is 5.32 Å². The summed E-state index contributed by atoms with van der Waals surface area (Å²) in [5.41, 5.74) is 2.01. The van der Waals surface area contributed by atoms with Gasteiger partial charge in [-0.15, -0.1) is 0 Å².